The van der Waals surface area contributed by atoms with Crippen molar-refractivity contribution in [1.29, 1.82) is 0 Å². The number of rotatable bonds is 62. The van der Waals surface area contributed by atoms with E-state index in [9.17, 15) is 109 Å². The molecule has 0 bridgehead atoms. The van der Waals surface area contributed by atoms with Gasteiger partial charge in [-0.15, -0.1) is 0 Å². The summed E-state index contributed by atoms with van der Waals surface area (Å²) < 4.78 is 229. The van der Waals surface area contributed by atoms with Gasteiger partial charge in [-0.1, -0.05) is 0 Å². The van der Waals surface area contributed by atoms with Crippen molar-refractivity contribution in [3.8, 4) is 0 Å². The van der Waals surface area contributed by atoms with E-state index in [4.69, 9.17) is 18.9 Å². The first-order valence-electron chi connectivity index (χ1n) is 26.1. The van der Waals surface area contributed by atoms with Gasteiger partial charge < -0.3 is 173 Å². The Hall–Kier alpha value is 0.970. The number of nitrogens with one attached hydrogen (secondary N) is 3. The lowest BCUT2D eigenvalue weighted by Crippen LogP contribution is -2.26. The van der Waals surface area contributed by atoms with Gasteiger partial charge in [0.25, 0.3) is 78.2 Å². The second kappa shape index (κ2) is 53.7. The monoisotopic (exact) mass is 1620 g/mol. The molecular formula is C34H77N3O47P11-11. The zero-order valence-corrected chi connectivity index (χ0v) is 61.1. The molecule has 0 heterocycles. The maximum atomic E-state index is 12.2. The zero-order valence-electron chi connectivity index (χ0n) is 51.2. The Balaban J connectivity index is -0.00000382. The first-order valence-corrected chi connectivity index (χ1v) is 42.7. The van der Waals surface area contributed by atoms with Crippen molar-refractivity contribution in [2.75, 3.05) is 194 Å². The number of hydrogen-bond acceptors (Lipinski definition) is 49. The molecule has 0 amide bonds. The molecule has 13 unspecified atom stereocenters. The number of phosphoric ester groups is 10. The lowest BCUT2D eigenvalue weighted by atomic mass is 10.3. The van der Waals surface area contributed by atoms with Gasteiger partial charge in [-0.25, -0.2) is 0 Å². The molecule has 5 N–H and O–H groups in total. The predicted octanol–water partition coefficient (Wildman–Crippen LogP) is -6.11. The van der Waals surface area contributed by atoms with Crippen LogP contribution in [0.2, 0.25) is 0 Å². The molecular weight excluding hydrogens is 1540 g/mol. The van der Waals surface area contributed by atoms with E-state index in [0.29, 0.717) is 6.73 Å². The van der Waals surface area contributed by atoms with Gasteiger partial charge in [0, 0.05) is 13.8 Å². The number of hydrogen-bond donors (Lipinski definition) is 5. The molecule has 61 heteroatoms. The Morgan fingerprint density at radius 2 is 0.579 bits per heavy atom. The van der Waals surface area contributed by atoms with Crippen LogP contribution < -0.4 is 69.8 Å². The first-order chi connectivity index (χ1) is 43.8. The second-order valence-electron chi connectivity index (χ2n) is 16.1. The van der Waals surface area contributed by atoms with Crippen LogP contribution in [0, 0.1) is 0 Å². The van der Waals surface area contributed by atoms with Crippen LogP contribution >= 0.6 is 85.8 Å². The summed E-state index contributed by atoms with van der Waals surface area (Å²) in [7, 11) is -48.6. The largest absolute Gasteiger partial charge is 0.779 e. The summed E-state index contributed by atoms with van der Waals surface area (Å²) in [4.78, 5) is 135. The molecule has 0 aliphatic carbocycles. The fourth-order valence-electron chi connectivity index (χ4n) is 4.73. The van der Waals surface area contributed by atoms with Crippen LogP contribution in [0.1, 0.15) is 19.8 Å². The van der Waals surface area contributed by atoms with E-state index in [1.165, 1.54) is 14.0 Å². The maximum Gasteiger partial charge on any atom is 0.268 e. The fourth-order valence-corrected chi connectivity index (χ4v) is 12.0. The molecule has 13 atom stereocenters. The Labute approximate surface area is 544 Å². The molecule has 0 aliphatic rings. The van der Waals surface area contributed by atoms with Gasteiger partial charge in [0.15, 0.2) is 0 Å². The highest BCUT2D eigenvalue weighted by Gasteiger charge is 2.24. The third-order valence-electron chi connectivity index (χ3n) is 8.15. The van der Waals surface area contributed by atoms with Crippen molar-refractivity contribution in [3.63, 3.8) is 0 Å². The van der Waals surface area contributed by atoms with Crippen LogP contribution in [0.3, 0.4) is 0 Å². The molecule has 0 radical (unpaired) electrons. The van der Waals surface area contributed by atoms with Gasteiger partial charge >= 0.3 is 0 Å². The molecule has 0 aromatic rings. The van der Waals surface area contributed by atoms with E-state index in [0.717, 1.165) is 6.66 Å². The van der Waals surface area contributed by atoms with Gasteiger partial charge in [-0.2, -0.15) is 0 Å². The smallest absolute Gasteiger partial charge is 0.268 e. The summed E-state index contributed by atoms with van der Waals surface area (Å²) in [5, 5.41) is 17.3. The van der Waals surface area contributed by atoms with E-state index >= 15 is 0 Å². The molecule has 0 aliphatic heterocycles. The number of phosphoric acid groups is 10. The molecule has 576 valence electrons. The van der Waals surface area contributed by atoms with Crippen molar-refractivity contribution in [1.82, 2.24) is 16.0 Å². The van der Waals surface area contributed by atoms with Gasteiger partial charge in [0.2, 0.25) is 0 Å². The predicted molar refractivity (Wildman–Crippen MR) is 291 cm³/mol. The molecule has 50 nitrogen and oxygen atoms in total. The lowest BCUT2D eigenvalue weighted by molar-refractivity contribution is -0.240. The van der Waals surface area contributed by atoms with Crippen molar-refractivity contribution >= 4 is 85.8 Å². The van der Waals surface area contributed by atoms with Gasteiger partial charge in [-0.3, -0.25) is 61.6 Å². The molecule has 95 heavy (non-hydrogen) atoms. The van der Waals surface area contributed by atoms with Crippen LogP contribution in [-0.2, 0) is 155 Å². The van der Waals surface area contributed by atoms with E-state index < -0.39 is 217 Å². The molecule has 0 fully saturated rings. The highest BCUT2D eigenvalue weighted by Crippen LogP contribution is 2.47. The third kappa shape index (κ3) is 69.1. The molecule has 0 saturated heterocycles. The Kier molecular flexibility index (Phi) is 56.6. The van der Waals surface area contributed by atoms with Crippen molar-refractivity contribution in [3.05, 3.63) is 0 Å². The molecule has 0 aromatic heterocycles. The topological polar surface area (TPSA) is 730 Å². The Bertz CT molecular complexity index is 2550. The summed E-state index contributed by atoms with van der Waals surface area (Å²) in [5.74, 6) is 0. The number of aliphatic hydroxyl groups is 1. The standard InChI is InChI=1S/C27H67N2O38P9.C4H12O8P2.C3H9NO/c1-28-24-49-6-4-26(22-30)66-75(45,46)64-21-20-61-73(41,42)59-17-16-57-71(37,38)55-13-12-53-69(33,34)52-10-11-54-70(35,36)56-14-15-58-72(39,40)60-18-19-62-74(43,44)65-23-27(5-7-50-25-29-2)67-76(47,48)63-9-8-51-68(3,31)32;1-2-10-14(8,9)12-4-3-11-13(5,6)7;1-4-3-5-2/h26-30H,4-25H2,1-3H3,(H,31,32)(H,33,34)(H,35,36)(H,37,38)(H,39,40)(H,41,42)(H,43,44)(H,45,46)(H,47,48);2-4H2,1H3,(H,8,9)(H2,5,6,7);4H,3H2,1-2H3/p-11. The summed E-state index contributed by atoms with van der Waals surface area (Å²) in [6.07, 6.45) is -3.13. The lowest BCUT2D eigenvalue weighted by Gasteiger charge is -2.30. The van der Waals surface area contributed by atoms with Gasteiger partial charge in [-0.05, 0) is 40.9 Å². The van der Waals surface area contributed by atoms with E-state index in [-0.39, 0.29) is 46.1 Å². The maximum absolute atomic E-state index is 12.2. The van der Waals surface area contributed by atoms with Crippen LogP contribution in [0.4, 0.5) is 0 Å². The molecule has 0 rings (SSSR count). The average molecular weight is 1620 g/mol. The van der Waals surface area contributed by atoms with Crippen molar-refractivity contribution in [2.24, 2.45) is 0 Å². The zero-order chi connectivity index (χ0) is 73.4. The fraction of sp³-hybridized carbons (Fsp3) is 1.00. The van der Waals surface area contributed by atoms with Crippen LogP contribution in [0.15, 0.2) is 0 Å². The number of ether oxygens (including phenoxy) is 3. The molecule has 0 saturated carbocycles. The quantitative estimate of drug-likeness (QED) is 0.0215. The van der Waals surface area contributed by atoms with E-state index in [1.807, 2.05) is 7.05 Å². The van der Waals surface area contributed by atoms with Gasteiger partial charge in [0.1, 0.15) is 7.60 Å². The first kappa shape index (κ1) is 100. The number of methoxy groups -OCH3 is 1. The summed E-state index contributed by atoms with van der Waals surface area (Å²) in [6, 6.07) is 0. The van der Waals surface area contributed by atoms with Crippen molar-refractivity contribution < 1.29 is 219 Å². The van der Waals surface area contributed by atoms with Crippen LogP contribution in [-0.4, -0.2) is 216 Å². The molecule has 0 spiro atoms. The summed E-state index contributed by atoms with van der Waals surface area (Å²) in [5.41, 5.74) is 0. The molecule has 0 aromatic carbocycles. The summed E-state index contributed by atoms with van der Waals surface area (Å²) in [6.45, 7) is -13.7. The van der Waals surface area contributed by atoms with E-state index in [1.54, 1.807) is 14.2 Å². The average Bonchev–Trinajstić information content (AvgIpc) is 1.13. The van der Waals surface area contributed by atoms with E-state index in [2.05, 4.69) is 107 Å². The third-order valence-corrected chi connectivity index (χ3v) is 18.5. The number of aliphatic hydroxyl groups excluding tert-OH is 1. The van der Waals surface area contributed by atoms with Gasteiger partial charge in [0.05, 0.1) is 171 Å². The van der Waals surface area contributed by atoms with Crippen LogP contribution in [0.5, 0.6) is 0 Å². The highest BCUT2D eigenvalue weighted by molar-refractivity contribution is 7.50. The second-order valence-corrected chi connectivity index (χ2v) is 31.7. The normalized spacial score (nSPS) is 19.7. The Morgan fingerprint density at radius 1 is 0.337 bits per heavy atom. The minimum absolute atomic E-state index is 0.000444. The van der Waals surface area contributed by atoms with Crippen LogP contribution in [0.25, 0.3) is 0 Å². The Morgan fingerprint density at radius 3 is 0.821 bits per heavy atom. The SMILES string of the molecule is CCOP(=O)([O-])OCCOP(=O)([O-])O.CNCOC.CNCOCCC(CO)OP(=O)([O-])OCCOP(=O)([O-])OCCOP(=O)([O-])OCCOP(=O)([O-])OCCOP(=O)([O-])OCCOP(=O)([O-])OCCOP(=O)([O-])OCC(CCOCNC)OP(=O)([O-])OCCOP(C)(=O)[O-]. The minimum Gasteiger partial charge on any atom is -0.779 e. The summed E-state index contributed by atoms with van der Waals surface area (Å²) >= 11 is 0. The highest BCUT2D eigenvalue weighted by atomic mass is 31.2. The van der Waals surface area contributed by atoms with Crippen molar-refractivity contribution in [2.45, 2.75) is 32.0 Å². The minimum atomic E-state index is -5.31.